The summed E-state index contributed by atoms with van der Waals surface area (Å²) in [6, 6.07) is 0.0867. The van der Waals surface area contributed by atoms with Crippen LogP contribution in [-0.4, -0.2) is 36.2 Å². The molecule has 0 aromatic heterocycles. The molecule has 3 atom stereocenters. The van der Waals surface area contributed by atoms with Crippen LogP contribution in [0.25, 0.3) is 0 Å². The molecule has 1 rings (SSSR count). The van der Waals surface area contributed by atoms with Gasteiger partial charge in [0.05, 0.1) is 6.61 Å². The highest BCUT2D eigenvalue weighted by molar-refractivity contribution is 6.06. The van der Waals surface area contributed by atoms with Crippen molar-refractivity contribution in [1.82, 2.24) is 5.32 Å². The molecular formula is C12H23N3O3. The van der Waals surface area contributed by atoms with E-state index in [0.717, 1.165) is 6.42 Å². The fourth-order valence-electron chi connectivity index (χ4n) is 1.99. The van der Waals surface area contributed by atoms with Crippen molar-refractivity contribution < 1.29 is 14.7 Å². The minimum Gasteiger partial charge on any atom is -0.409 e. The Balaban J connectivity index is 2.73. The predicted molar refractivity (Wildman–Crippen MR) is 68.3 cm³/mol. The van der Waals surface area contributed by atoms with Crippen molar-refractivity contribution in [2.24, 2.45) is 22.2 Å². The molecule has 0 aromatic carbocycles. The van der Waals surface area contributed by atoms with Crippen LogP contribution in [0.3, 0.4) is 0 Å². The van der Waals surface area contributed by atoms with E-state index in [9.17, 15) is 4.79 Å². The number of rotatable bonds is 4. The third kappa shape index (κ3) is 2.93. The van der Waals surface area contributed by atoms with Crippen LogP contribution in [0.2, 0.25) is 0 Å². The highest BCUT2D eigenvalue weighted by Crippen LogP contribution is 2.23. The number of ether oxygens (including phenoxy) is 1. The second-order valence-electron chi connectivity index (χ2n) is 5.09. The molecule has 0 saturated carbocycles. The Kier molecular flexibility index (Phi) is 4.95. The predicted octanol–water partition coefficient (Wildman–Crippen LogP) is 0.690. The van der Waals surface area contributed by atoms with E-state index in [-0.39, 0.29) is 23.7 Å². The standard InChI is InChI=1S/C12H23N3O3/c1-4-12(3,10(13)15-17)11(16)14-9-5-6-18-7-8(9)2/h8-9,17H,4-7H2,1-3H3,(H2,13,15)(H,14,16). The first kappa shape index (κ1) is 14.8. The summed E-state index contributed by atoms with van der Waals surface area (Å²) >= 11 is 0. The van der Waals surface area contributed by atoms with Gasteiger partial charge < -0.3 is 21.0 Å². The molecule has 0 radical (unpaired) electrons. The van der Waals surface area contributed by atoms with Gasteiger partial charge in [-0.15, -0.1) is 0 Å². The summed E-state index contributed by atoms with van der Waals surface area (Å²) < 4.78 is 5.33. The number of oxime groups is 1. The monoisotopic (exact) mass is 257 g/mol. The van der Waals surface area contributed by atoms with E-state index in [1.807, 2.05) is 13.8 Å². The minimum atomic E-state index is -0.966. The van der Waals surface area contributed by atoms with Crippen LogP contribution in [-0.2, 0) is 9.53 Å². The molecule has 1 amide bonds. The number of nitrogens with zero attached hydrogens (tertiary/aromatic N) is 1. The van der Waals surface area contributed by atoms with Crippen LogP contribution in [0, 0.1) is 11.3 Å². The lowest BCUT2D eigenvalue weighted by molar-refractivity contribution is -0.129. The molecule has 1 fully saturated rings. The van der Waals surface area contributed by atoms with Crippen molar-refractivity contribution in [3.05, 3.63) is 0 Å². The molecule has 4 N–H and O–H groups in total. The number of nitrogens with two attached hydrogens (primary N) is 1. The Hall–Kier alpha value is -1.30. The van der Waals surface area contributed by atoms with Crippen molar-refractivity contribution >= 4 is 11.7 Å². The second-order valence-corrected chi connectivity index (χ2v) is 5.09. The molecule has 0 spiro atoms. The number of hydrogen-bond donors (Lipinski definition) is 3. The Bertz CT molecular complexity index is 333. The third-order valence-electron chi connectivity index (χ3n) is 3.84. The molecule has 0 aliphatic carbocycles. The number of nitrogens with one attached hydrogen (secondary N) is 1. The molecule has 6 nitrogen and oxygen atoms in total. The van der Waals surface area contributed by atoms with Gasteiger partial charge in [0, 0.05) is 12.6 Å². The Morgan fingerprint density at radius 2 is 2.33 bits per heavy atom. The van der Waals surface area contributed by atoms with Gasteiger partial charge >= 0.3 is 0 Å². The quantitative estimate of drug-likeness (QED) is 0.299. The molecule has 1 saturated heterocycles. The number of amidine groups is 1. The van der Waals surface area contributed by atoms with E-state index in [0.29, 0.717) is 19.6 Å². The van der Waals surface area contributed by atoms with E-state index >= 15 is 0 Å². The van der Waals surface area contributed by atoms with Crippen LogP contribution >= 0.6 is 0 Å². The first-order chi connectivity index (χ1) is 8.45. The largest absolute Gasteiger partial charge is 0.409 e. The first-order valence-electron chi connectivity index (χ1n) is 6.32. The minimum absolute atomic E-state index is 0.0535. The van der Waals surface area contributed by atoms with Crippen LogP contribution in [0.15, 0.2) is 5.16 Å². The van der Waals surface area contributed by atoms with Crippen LogP contribution in [0.1, 0.15) is 33.6 Å². The van der Waals surface area contributed by atoms with E-state index in [4.69, 9.17) is 15.7 Å². The Labute approximate surface area is 108 Å². The van der Waals surface area contributed by atoms with Crippen molar-refractivity contribution in [3.8, 4) is 0 Å². The molecular weight excluding hydrogens is 234 g/mol. The van der Waals surface area contributed by atoms with Gasteiger partial charge in [-0.2, -0.15) is 0 Å². The van der Waals surface area contributed by atoms with Crippen molar-refractivity contribution in [2.45, 2.75) is 39.7 Å². The van der Waals surface area contributed by atoms with Crippen LogP contribution < -0.4 is 11.1 Å². The van der Waals surface area contributed by atoms with Crippen LogP contribution in [0.4, 0.5) is 0 Å². The molecule has 18 heavy (non-hydrogen) atoms. The molecule has 6 heteroatoms. The van der Waals surface area contributed by atoms with E-state index < -0.39 is 5.41 Å². The average molecular weight is 257 g/mol. The van der Waals surface area contributed by atoms with Crippen molar-refractivity contribution in [2.75, 3.05) is 13.2 Å². The molecule has 0 bridgehead atoms. The zero-order valence-corrected chi connectivity index (χ0v) is 11.3. The highest BCUT2D eigenvalue weighted by atomic mass is 16.5. The maximum atomic E-state index is 12.3. The maximum absolute atomic E-state index is 12.3. The molecule has 3 unspecified atom stereocenters. The SMILES string of the molecule is CCC(C)(C(=O)NC1CCOCC1C)C(N)=NO. The maximum Gasteiger partial charge on any atom is 0.233 e. The number of carbonyl (C=O) groups excluding carboxylic acids is 1. The zero-order valence-electron chi connectivity index (χ0n) is 11.3. The van der Waals surface area contributed by atoms with Gasteiger partial charge in [-0.05, 0) is 25.7 Å². The van der Waals surface area contributed by atoms with Gasteiger partial charge in [0.25, 0.3) is 0 Å². The third-order valence-corrected chi connectivity index (χ3v) is 3.84. The normalized spacial score (nSPS) is 28.5. The zero-order chi connectivity index (χ0) is 13.8. The summed E-state index contributed by atoms with van der Waals surface area (Å²) in [6.07, 6.45) is 1.27. The summed E-state index contributed by atoms with van der Waals surface area (Å²) in [5.74, 6) is 0.0253. The smallest absolute Gasteiger partial charge is 0.233 e. The molecule has 1 aliphatic heterocycles. The van der Waals surface area contributed by atoms with Gasteiger partial charge in [0.15, 0.2) is 5.84 Å². The fourth-order valence-corrected chi connectivity index (χ4v) is 1.99. The van der Waals surface area contributed by atoms with E-state index in [2.05, 4.69) is 10.5 Å². The highest BCUT2D eigenvalue weighted by Gasteiger charge is 2.38. The van der Waals surface area contributed by atoms with Gasteiger partial charge in [-0.1, -0.05) is 19.0 Å². The summed E-state index contributed by atoms with van der Waals surface area (Å²) in [7, 11) is 0. The lowest BCUT2D eigenvalue weighted by Crippen LogP contribution is -2.53. The number of hydrogen-bond acceptors (Lipinski definition) is 4. The van der Waals surface area contributed by atoms with Gasteiger partial charge in [-0.25, -0.2) is 0 Å². The number of amides is 1. The Morgan fingerprint density at radius 1 is 1.67 bits per heavy atom. The number of carbonyl (C=O) groups is 1. The molecule has 104 valence electrons. The molecule has 1 heterocycles. The van der Waals surface area contributed by atoms with E-state index in [1.54, 1.807) is 6.92 Å². The van der Waals surface area contributed by atoms with Crippen LogP contribution in [0.5, 0.6) is 0 Å². The summed E-state index contributed by atoms with van der Waals surface area (Å²) in [4.78, 5) is 12.3. The summed E-state index contributed by atoms with van der Waals surface area (Å²) in [6.45, 7) is 6.86. The second kappa shape index (κ2) is 6.04. The lowest BCUT2D eigenvalue weighted by atomic mass is 9.84. The Morgan fingerprint density at radius 3 is 2.83 bits per heavy atom. The van der Waals surface area contributed by atoms with E-state index in [1.165, 1.54) is 0 Å². The summed E-state index contributed by atoms with van der Waals surface area (Å²) in [5, 5.41) is 14.7. The molecule has 0 aromatic rings. The summed E-state index contributed by atoms with van der Waals surface area (Å²) in [5.41, 5.74) is 4.65. The lowest BCUT2D eigenvalue weighted by Gasteiger charge is -2.33. The fraction of sp³-hybridized carbons (Fsp3) is 0.833. The topological polar surface area (TPSA) is 96.9 Å². The van der Waals surface area contributed by atoms with Gasteiger partial charge in [-0.3, -0.25) is 4.79 Å². The van der Waals surface area contributed by atoms with Gasteiger partial charge in [0.1, 0.15) is 5.41 Å². The van der Waals surface area contributed by atoms with Gasteiger partial charge in [0.2, 0.25) is 5.91 Å². The van der Waals surface area contributed by atoms with Crippen molar-refractivity contribution in [1.29, 1.82) is 0 Å². The van der Waals surface area contributed by atoms with Crippen molar-refractivity contribution in [3.63, 3.8) is 0 Å². The average Bonchev–Trinajstić information content (AvgIpc) is 2.39. The molecule has 1 aliphatic rings. The first-order valence-corrected chi connectivity index (χ1v) is 6.32.